The highest BCUT2D eigenvalue weighted by atomic mass is 16.8. The average Bonchev–Trinajstić information content (AvgIpc) is 3.20. The third-order valence-corrected chi connectivity index (χ3v) is 4.58. The Bertz CT molecular complexity index is 1040. The molecule has 2 unspecified atom stereocenters. The second-order valence-electron chi connectivity index (χ2n) is 6.33. The van der Waals surface area contributed by atoms with E-state index in [1.807, 2.05) is 48.0 Å². The largest absolute Gasteiger partial charge is 0.356 e. The summed E-state index contributed by atoms with van der Waals surface area (Å²) in [5.74, 6) is 0.463. The summed E-state index contributed by atoms with van der Waals surface area (Å²) in [5, 5.41) is 16.8. The molecule has 8 nitrogen and oxygen atoms in total. The number of hydrogen-bond donors (Lipinski definition) is 1. The zero-order valence-corrected chi connectivity index (χ0v) is 15.4. The van der Waals surface area contributed by atoms with Gasteiger partial charge in [-0.25, -0.2) is 4.98 Å². The van der Waals surface area contributed by atoms with Gasteiger partial charge < -0.3 is 19.5 Å². The first-order valence-electron chi connectivity index (χ1n) is 8.65. The molecule has 0 spiro atoms. The van der Waals surface area contributed by atoms with Gasteiger partial charge in [-0.3, -0.25) is 4.98 Å². The van der Waals surface area contributed by atoms with E-state index < -0.39 is 12.0 Å². The number of imidazole rings is 1. The lowest BCUT2D eigenvalue weighted by molar-refractivity contribution is -0.189. The number of aromatic nitrogens is 3. The summed E-state index contributed by atoms with van der Waals surface area (Å²) in [6.07, 6.45) is 4.49. The highest BCUT2D eigenvalue weighted by Gasteiger charge is 2.49. The first kappa shape index (κ1) is 17.7. The van der Waals surface area contributed by atoms with Crippen LogP contribution < -0.4 is 5.32 Å². The molecule has 1 aliphatic rings. The van der Waals surface area contributed by atoms with Gasteiger partial charge in [0.15, 0.2) is 5.84 Å². The van der Waals surface area contributed by atoms with Crippen LogP contribution in [0, 0.1) is 18.3 Å². The van der Waals surface area contributed by atoms with Crippen LogP contribution in [0.1, 0.15) is 22.5 Å². The smallest absolute Gasteiger partial charge is 0.273 e. The van der Waals surface area contributed by atoms with Crippen molar-refractivity contribution in [3.63, 3.8) is 0 Å². The fourth-order valence-corrected chi connectivity index (χ4v) is 3.22. The second kappa shape index (κ2) is 7.13. The molecule has 1 N–H and O–H groups in total. The van der Waals surface area contributed by atoms with Crippen LogP contribution >= 0.6 is 0 Å². The molecule has 1 aliphatic heterocycles. The molecule has 0 bridgehead atoms. The molecular formula is C20H18N6O2. The van der Waals surface area contributed by atoms with Crippen molar-refractivity contribution in [1.82, 2.24) is 19.9 Å². The lowest BCUT2D eigenvalue weighted by Gasteiger charge is -2.43. The molecule has 0 aliphatic carbocycles. The Balaban J connectivity index is 1.90. The number of methoxy groups -OCH3 is 1. The van der Waals surface area contributed by atoms with Gasteiger partial charge in [0.05, 0.1) is 23.7 Å². The summed E-state index contributed by atoms with van der Waals surface area (Å²) in [5.41, 5.74) is 1.85. The van der Waals surface area contributed by atoms with Gasteiger partial charge in [-0.1, -0.05) is 23.4 Å². The summed E-state index contributed by atoms with van der Waals surface area (Å²) >= 11 is 0. The van der Waals surface area contributed by atoms with Gasteiger partial charge in [-0.15, -0.1) is 0 Å². The fraction of sp³-hybridized carbons (Fsp3) is 0.200. The first-order valence-corrected chi connectivity index (χ1v) is 8.65. The van der Waals surface area contributed by atoms with Crippen molar-refractivity contribution in [2.24, 2.45) is 5.16 Å². The van der Waals surface area contributed by atoms with Gasteiger partial charge in [-0.2, -0.15) is 5.26 Å². The van der Waals surface area contributed by atoms with Crippen molar-refractivity contribution in [2.75, 3.05) is 7.11 Å². The molecule has 2 aromatic heterocycles. The maximum absolute atomic E-state index is 9.15. The molecule has 3 heterocycles. The van der Waals surface area contributed by atoms with E-state index >= 15 is 0 Å². The number of pyridine rings is 1. The van der Waals surface area contributed by atoms with Crippen LogP contribution in [0.4, 0.5) is 0 Å². The predicted molar refractivity (Wildman–Crippen MR) is 101 cm³/mol. The Morgan fingerprint density at radius 3 is 2.64 bits per heavy atom. The first-order chi connectivity index (χ1) is 13.7. The lowest BCUT2D eigenvalue weighted by Crippen LogP contribution is -2.62. The van der Waals surface area contributed by atoms with Gasteiger partial charge in [0.2, 0.25) is 5.66 Å². The van der Waals surface area contributed by atoms with Crippen molar-refractivity contribution in [2.45, 2.75) is 18.9 Å². The van der Waals surface area contributed by atoms with Crippen molar-refractivity contribution in [3.05, 3.63) is 83.7 Å². The Labute approximate surface area is 162 Å². The number of ether oxygens (including phenoxy) is 1. The maximum atomic E-state index is 9.15. The number of nitrogens with zero attached hydrogens (tertiary/aromatic N) is 5. The number of rotatable bonds is 4. The van der Waals surface area contributed by atoms with E-state index in [-0.39, 0.29) is 0 Å². The molecule has 4 rings (SSSR count). The highest BCUT2D eigenvalue weighted by Crippen LogP contribution is 2.33. The monoisotopic (exact) mass is 374 g/mol. The number of nitrogens with one attached hydrogen (secondary N) is 1. The zero-order valence-electron chi connectivity index (χ0n) is 15.4. The van der Waals surface area contributed by atoms with E-state index in [0.717, 1.165) is 11.3 Å². The van der Waals surface area contributed by atoms with Crippen molar-refractivity contribution >= 4 is 5.84 Å². The van der Waals surface area contributed by atoms with Gasteiger partial charge in [0.25, 0.3) is 6.29 Å². The quantitative estimate of drug-likeness (QED) is 0.751. The van der Waals surface area contributed by atoms with E-state index in [0.29, 0.717) is 17.1 Å². The molecule has 0 saturated carbocycles. The number of benzene rings is 1. The van der Waals surface area contributed by atoms with Crippen molar-refractivity contribution < 1.29 is 9.57 Å². The Morgan fingerprint density at radius 2 is 2.04 bits per heavy atom. The van der Waals surface area contributed by atoms with Crippen LogP contribution in [0.2, 0.25) is 0 Å². The Kier molecular flexibility index (Phi) is 4.51. The summed E-state index contributed by atoms with van der Waals surface area (Å²) < 4.78 is 7.52. The van der Waals surface area contributed by atoms with E-state index in [1.165, 1.54) is 0 Å². The number of amidine groups is 1. The topological polar surface area (TPSA) is 97.4 Å². The third kappa shape index (κ3) is 2.88. The molecule has 1 aromatic carbocycles. The third-order valence-electron chi connectivity index (χ3n) is 4.58. The van der Waals surface area contributed by atoms with Gasteiger partial charge in [0, 0.05) is 25.1 Å². The summed E-state index contributed by atoms with van der Waals surface area (Å²) in [6, 6.07) is 14.9. The summed E-state index contributed by atoms with van der Waals surface area (Å²) in [6.45, 7) is 1.90. The molecule has 0 fully saturated rings. The molecule has 0 amide bonds. The fourth-order valence-electron chi connectivity index (χ4n) is 3.22. The second-order valence-corrected chi connectivity index (χ2v) is 6.33. The van der Waals surface area contributed by atoms with E-state index in [9.17, 15) is 0 Å². The van der Waals surface area contributed by atoms with Crippen LogP contribution in [0.25, 0.3) is 0 Å². The molecular weight excluding hydrogens is 356 g/mol. The highest BCUT2D eigenvalue weighted by molar-refractivity contribution is 5.97. The lowest BCUT2D eigenvalue weighted by atomic mass is 9.95. The van der Waals surface area contributed by atoms with E-state index in [2.05, 4.69) is 26.5 Å². The molecule has 0 saturated heterocycles. The minimum Gasteiger partial charge on any atom is -0.356 e. The number of oxime groups is 1. The van der Waals surface area contributed by atoms with Crippen LogP contribution in [0.3, 0.4) is 0 Å². The van der Waals surface area contributed by atoms with E-state index in [1.54, 1.807) is 31.8 Å². The Hall–Kier alpha value is -3.70. The van der Waals surface area contributed by atoms with E-state index in [4.69, 9.17) is 14.8 Å². The molecule has 8 heteroatoms. The molecule has 140 valence electrons. The standard InChI is InChI=1S/C20H18N6O2/c1-14-12-26(13-23-14)20(16-8-6-15(11-21)7-9-16)19(27-2)28-25-18(24-20)17-5-3-4-10-22-17/h3-10,12-13,19H,1-2H3,(H,24,25). The van der Waals surface area contributed by atoms with Crippen LogP contribution in [-0.4, -0.2) is 33.8 Å². The van der Waals surface area contributed by atoms with Crippen LogP contribution in [0.15, 0.2) is 66.3 Å². The number of aryl methyl sites for hydroxylation is 1. The van der Waals surface area contributed by atoms with Crippen LogP contribution in [-0.2, 0) is 15.2 Å². The van der Waals surface area contributed by atoms with Crippen molar-refractivity contribution in [1.29, 1.82) is 5.26 Å². The molecule has 2 atom stereocenters. The maximum Gasteiger partial charge on any atom is 0.273 e. The summed E-state index contributed by atoms with van der Waals surface area (Å²) in [4.78, 5) is 14.5. The minimum atomic E-state index is -1.00. The number of hydrogen-bond acceptors (Lipinski definition) is 7. The Morgan fingerprint density at radius 1 is 1.21 bits per heavy atom. The van der Waals surface area contributed by atoms with Crippen LogP contribution in [0.5, 0.6) is 0 Å². The average molecular weight is 374 g/mol. The number of nitriles is 1. The molecule has 0 radical (unpaired) electrons. The van der Waals surface area contributed by atoms with Gasteiger partial charge >= 0.3 is 0 Å². The summed E-state index contributed by atoms with van der Waals surface area (Å²) in [7, 11) is 1.55. The molecule has 28 heavy (non-hydrogen) atoms. The normalized spacial score (nSPS) is 21.2. The van der Waals surface area contributed by atoms with Crippen molar-refractivity contribution in [3.8, 4) is 6.07 Å². The predicted octanol–water partition coefficient (Wildman–Crippen LogP) is 2.11. The molecule has 3 aromatic rings. The SMILES string of the molecule is COC1ON=C(c2ccccn2)NC1(c1ccc(C#N)cc1)n1cnc(C)c1. The minimum absolute atomic E-state index is 0.463. The van der Waals surface area contributed by atoms with Gasteiger partial charge in [0.1, 0.15) is 5.69 Å². The van der Waals surface area contributed by atoms with Gasteiger partial charge in [-0.05, 0) is 31.2 Å². The zero-order chi connectivity index (χ0) is 19.6.